The number of aryl methyl sites for hydroxylation is 1. The highest BCUT2D eigenvalue weighted by Crippen LogP contribution is 2.59. The van der Waals surface area contributed by atoms with Crippen molar-refractivity contribution in [1.82, 2.24) is 4.90 Å². The molecule has 1 aliphatic heterocycles. The first-order valence-corrected chi connectivity index (χ1v) is 8.49. The average molecular weight is 387 g/mol. The molecule has 0 radical (unpaired) electrons. The molecular formula is C16H17BrClNO3. The minimum atomic E-state index is -0.699. The van der Waals surface area contributed by atoms with Gasteiger partial charge in [0.1, 0.15) is 0 Å². The SMILES string of the molecule is Cc1cc(C(=O)N2CCC3(CC2)CC3C(=O)O)cc(Cl)c1Br. The largest absolute Gasteiger partial charge is 0.481 e. The molecule has 6 heteroatoms. The Morgan fingerprint density at radius 3 is 2.50 bits per heavy atom. The van der Waals surface area contributed by atoms with Crippen LogP contribution in [0.15, 0.2) is 16.6 Å². The lowest BCUT2D eigenvalue weighted by atomic mass is 9.90. The number of piperidine rings is 1. The summed E-state index contributed by atoms with van der Waals surface area (Å²) in [6.45, 7) is 3.14. The summed E-state index contributed by atoms with van der Waals surface area (Å²) in [5.74, 6) is -0.941. The maximum atomic E-state index is 12.6. The number of hydrogen-bond donors (Lipinski definition) is 1. The number of carboxylic acid groups (broad SMARTS) is 1. The Labute approximate surface area is 142 Å². The van der Waals surface area contributed by atoms with Crippen LogP contribution in [-0.2, 0) is 4.79 Å². The van der Waals surface area contributed by atoms with Crippen LogP contribution in [0.3, 0.4) is 0 Å². The molecule has 1 aromatic rings. The van der Waals surface area contributed by atoms with E-state index in [9.17, 15) is 9.59 Å². The maximum absolute atomic E-state index is 12.6. The number of carbonyl (C=O) groups is 2. The van der Waals surface area contributed by atoms with Crippen molar-refractivity contribution in [2.75, 3.05) is 13.1 Å². The van der Waals surface area contributed by atoms with E-state index in [1.54, 1.807) is 6.07 Å². The lowest BCUT2D eigenvalue weighted by Crippen LogP contribution is -2.40. The van der Waals surface area contributed by atoms with Crippen LogP contribution in [0.1, 0.15) is 35.2 Å². The number of likely N-dealkylation sites (tertiary alicyclic amines) is 1. The molecule has 0 aromatic heterocycles. The molecule has 1 saturated carbocycles. The summed E-state index contributed by atoms with van der Waals surface area (Å²) < 4.78 is 0.811. The Bertz CT molecular complexity index is 630. The van der Waals surface area contributed by atoms with E-state index < -0.39 is 5.97 Å². The van der Waals surface area contributed by atoms with Crippen LogP contribution in [0.2, 0.25) is 5.02 Å². The van der Waals surface area contributed by atoms with Gasteiger partial charge in [-0.2, -0.15) is 0 Å². The van der Waals surface area contributed by atoms with Gasteiger partial charge in [-0.3, -0.25) is 9.59 Å². The molecule has 1 aliphatic carbocycles. The first kappa shape index (κ1) is 15.8. The van der Waals surface area contributed by atoms with E-state index in [-0.39, 0.29) is 17.2 Å². The third kappa shape index (κ3) is 2.65. The highest BCUT2D eigenvalue weighted by atomic mass is 79.9. The zero-order valence-electron chi connectivity index (χ0n) is 12.2. The van der Waals surface area contributed by atoms with Gasteiger partial charge in [0, 0.05) is 23.1 Å². The number of aliphatic carboxylic acids is 1. The van der Waals surface area contributed by atoms with Gasteiger partial charge in [0.05, 0.1) is 10.9 Å². The Balaban J connectivity index is 1.69. The minimum Gasteiger partial charge on any atom is -0.481 e. The van der Waals surface area contributed by atoms with Crippen molar-refractivity contribution in [1.29, 1.82) is 0 Å². The molecular weight excluding hydrogens is 370 g/mol. The summed E-state index contributed by atoms with van der Waals surface area (Å²) in [6, 6.07) is 3.52. The smallest absolute Gasteiger partial charge is 0.307 e. The predicted molar refractivity (Wildman–Crippen MR) is 87.2 cm³/mol. The fourth-order valence-corrected chi connectivity index (χ4v) is 3.93. The monoisotopic (exact) mass is 385 g/mol. The molecule has 1 atom stereocenters. The molecule has 1 spiro atoms. The summed E-state index contributed by atoms with van der Waals surface area (Å²) in [5, 5.41) is 9.64. The van der Waals surface area contributed by atoms with Gasteiger partial charge < -0.3 is 10.0 Å². The molecule has 1 aromatic carbocycles. The van der Waals surface area contributed by atoms with Crippen molar-refractivity contribution in [2.24, 2.45) is 11.3 Å². The number of carbonyl (C=O) groups excluding carboxylic acids is 1. The number of nitrogens with zero attached hydrogens (tertiary/aromatic N) is 1. The van der Waals surface area contributed by atoms with Crippen molar-refractivity contribution in [2.45, 2.75) is 26.2 Å². The van der Waals surface area contributed by atoms with Gasteiger partial charge in [-0.15, -0.1) is 0 Å². The Morgan fingerprint density at radius 2 is 2.00 bits per heavy atom. The molecule has 0 bridgehead atoms. The molecule has 3 rings (SSSR count). The van der Waals surface area contributed by atoms with E-state index in [1.807, 2.05) is 17.9 Å². The van der Waals surface area contributed by atoms with E-state index in [4.69, 9.17) is 16.7 Å². The van der Waals surface area contributed by atoms with Crippen LogP contribution in [0, 0.1) is 18.3 Å². The van der Waals surface area contributed by atoms with Crippen molar-refractivity contribution in [3.8, 4) is 0 Å². The van der Waals surface area contributed by atoms with Crippen LogP contribution in [0.4, 0.5) is 0 Å². The van der Waals surface area contributed by atoms with E-state index in [0.29, 0.717) is 23.7 Å². The van der Waals surface area contributed by atoms with E-state index in [0.717, 1.165) is 29.3 Å². The molecule has 22 heavy (non-hydrogen) atoms. The predicted octanol–water partition coefficient (Wildman–Crippen LogP) is 3.74. The number of halogens is 2. The minimum absolute atomic E-state index is 0.0279. The molecule has 1 unspecified atom stereocenters. The third-order valence-corrected chi connectivity index (χ3v) is 6.57. The zero-order chi connectivity index (χ0) is 16.1. The van der Waals surface area contributed by atoms with Gasteiger partial charge in [0.2, 0.25) is 0 Å². The summed E-state index contributed by atoms with van der Waals surface area (Å²) in [4.78, 5) is 25.5. The van der Waals surface area contributed by atoms with Gasteiger partial charge in [0.25, 0.3) is 5.91 Å². The number of hydrogen-bond acceptors (Lipinski definition) is 2. The van der Waals surface area contributed by atoms with Crippen molar-refractivity contribution in [3.05, 3.63) is 32.8 Å². The van der Waals surface area contributed by atoms with Crippen molar-refractivity contribution >= 4 is 39.4 Å². The number of carboxylic acids is 1. The standard InChI is InChI=1S/C16H17BrClNO3/c1-9-6-10(7-12(18)13(9)17)14(20)19-4-2-16(3-5-19)8-11(16)15(21)22/h6-7,11H,2-5,8H2,1H3,(H,21,22). The first-order valence-electron chi connectivity index (χ1n) is 7.32. The maximum Gasteiger partial charge on any atom is 0.307 e. The molecule has 1 amide bonds. The number of rotatable bonds is 2. The zero-order valence-corrected chi connectivity index (χ0v) is 14.6. The lowest BCUT2D eigenvalue weighted by Gasteiger charge is -2.32. The molecule has 1 N–H and O–H groups in total. The molecule has 2 fully saturated rings. The molecule has 2 aliphatic rings. The molecule has 1 heterocycles. The summed E-state index contributed by atoms with van der Waals surface area (Å²) in [7, 11) is 0. The highest BCUT2D eigenvalue weighted by molar-refractivity contribution is 9.10. The Kier molecular flexibility index (Phi) is 3.98. The second-order valence-corrected chi connectivity index (χ2v) is 7.54. The average Bonchev–Trinajstić information content (AvgIpc) is 3.18. The summed E-state index contributed by atoms with van der Waals surface area (Å²) in [6.07, 6.45) is 2.31. The van der Waals surface area contributed by atoms with Crippen molar-refractivity contribution in [3.63, 3.8) is 0 Å². The molecule has 118 valence electrons. The lowest BCUT2D eigenvalue weighted by molar-refractivity contribution is -0.139. The molecule has 1 saturated heterocycles. The van der Waals surface area contributed by atoms with Crippen LogP contribution >= 0.6 is 27.5 Å². The van der Waals surface area contributed by atoms with Gasteiger partial charge in [0.15, 0.2) is 0 Å². The van der Waals surface area contributed by atoms with E-state index in [2.05, 4.69) is 15.9 Å². The van der Waals surface area contributed by atoms with Gasteiger partial charge in [-0.1, -0.05) is 11.6 Å². The summed E-state index contributed by atoms with van der Waals surface area (Å²) in [5.41, 5.74) is 1.46. The van der Waals surface area contributed by atoms with Gasteiger partial charge in [-0.05, 0) is 65.2 Å². The number of amides is 1. The first-order chi connectivity index (χ1) is 10.3. The van der Waals surface area contributed by atoms with Crippen LogP contribution in [0.25, 0.3) is 0 Å². The second kappa shape index (κ2) is 5.53. The fourth-order valence-electron chi connectivity index (χ4n) is 3.44. The summed E-state index contributed by atoms with van der Waals surface area (Å²) >= 11 is 9.52. The highest BCUT2D eigenvalue weighted by Gasteiger charge is 2.59. The Hall–Kier alpha value is -1.07. The van der Waals surface area contributed by atoms with E-state index in [1.165, 1.54) is 0 Å². The van der Waals surface area contributed by atoms with Gasteiger partial charge in [-0.25, -0.2) is 0 Å². The fraction of sp³-hybridized carbons (Fsp3) is 0.500. The van der Waals surface area contributed by atoms with Crippen LogP contribution in [-0.4, -0.2) is 35.0 Å². The third-order valence-electron chi connectivity index (χ3n) is 4.99. The van der Waals surface area contributed by atoms with Crippen molar-refractivity contribution < 1.29 is 14.7 Å². The normalized spacial score (nSPS) is 22.7. The van der Waals surface area contributed by atoms with E-state index >= 15 is 0 Å². The number of benzene rings is 1. The molecule has 4 nitrogen and oxygen atoms in total. The quantitative estimate of drug-likeness (QED) is 0.842. The van der Waals surface area contributed by atoms with Gasteiger partial charge >= 0.3 is 5.97 Å². The van der Waals surface area contributed by atoms with Crippen LogP contribution in [0.5, 0.6) is 0 Å². The topological polar surface area (TPSA) is 57.6 Å². The van der Waals surface area contributed by atoms with Crippen LogP contribution < -0.4 is 0 Å². The Morgan fingerprint density at radius 1 is 1.36 bits per heavy atom. The second-order valence-electron chi connectivity index (χ2n) is 6.34.